The number of fused-ring (bicyclic) bond motifs is 5. The summed E-state index contributed by atoms with van der Waals surface area (Å²) in [6, 6.07) is 5.39. The molecule has 0 spiro atoms. The summed E-state index contributed by atoms with van der Waals surface area (Å²) in [5.41, 5.74) is 6.73. The van der Waals surface area contributed by atoms with Gasteiger partial charge in [-0.3, -0.25) is 4.99 Å². The summed E-state index contributed by atoms with van der Waals surface area (Å²) < 4.78 is 0. The van der Waals surface area contributed by atoms with E-state index < -0.39 is 18.1 Å². The molecule has 1 aromatic rings. The van der Waals surface area contributed by atoms with Crippen molar-refractivity contribution in [3.8, 4) is 24.3 Å². The molecule has 0 bridgehead atoms. The van der Waals surface area contributed by atoms with Gasteiger partial charge in [-0.05, 0) is 0 Å². The van der Waals surface area contributed by atoms with Gasteiger partial charge >= 0.3 is 0 Å². The van der Waals surface area contributed by atoms with Crippen LogP contribution in [0.2, 0.25) is 0 Å². The smallest absolute Gasteiger partial charge is 0.177 e. The molecule has 4 rings (SSSR count). The second-order valence-corrected chi connectivity index (χ2v) is 6.27. The summed E-state index contributed by atoms with van der Waals surface area (Å²) in [4.78, 5) is 17.3. The van der Waals surface area contributed by atoms with Crippen molar-refractivity contribution in [1.29, 1.82) is 26.5 Å². The molecule has 0 saturated carbocycles. The van der Waals surface area contributed by atoms with Gasteiger partial charge in [0.2, 0.25) is 0 Å². The zero-order valence-electron chi connectivity index (χ0n) is 15.0. The Balaban J connectivity index is 2.05. The van der Waals surface area contributed by atoms with Crippen LogP contribution in [0.1, 0.15) is 28.8 Å². The topological polar surface area (TPSA) is 220 Å². The predicted octanol–water partition coefficient (Wildman–Crippen LogP) is -0.734. The molecule has 0 fully saturated rings. The fraction of sp³-hybridized carbons (Fsp3) is 0.167. The molecule has 3 heterocycles. The second-order valence-electron chi connectivity index (χ2n) is 6.27. The molecular formula is C18H10N12. The highest BCUT2D eigenvalue weighted by Gasteiger charge is 2.44. The summed E-state index contributed by atoms with van der Waals surface area (Å²) in [5.74, 6) is 0. The lowest BCUT2D eigenvalue weighted by Gasteiger charge is -2.39. The van der Waals surface area contributed by atoms with Gasteiger partial charge in [0.05, 0.1) is 23.1 Å². The first-order chi connectivity index (χ1) is 14.6. The third-order valence-corrected chi connectivity index (χ3v) is 4.75. The molecular weight excluding hydrogens is 384 g/mol. The number of hydrogen-bond acceptors (Lipinski definition) is 12. The average Bonchev–Trinajstić information content (AvgIpc) is 2.81. The van der Waals surface area contributed by atoms with Crippen LogP contribution in [0.15, 0.2) is 27.6 Å². The zero-order chi connectivity index (χ0) is 21.4. The van der Waals surface area contributed by atoms with Crippen LogP contribution in [0.4, 0.5) is 0 Å². The first-order valence-corrected chi connectivity index (χ1v) is 8.49. The summed E-state index contributed by atoms with van der Waals surface area (Å²) in [6.07, 6.45) is 2.24. The highest BCUT2D eigenvalue weighted by Crippen LogP contribution is 2.41. The predicted molar refractivity (Wildman–Crippen MR) is 102 cm³/mol. The van der Waals surface area contributed by atoms with Crippen LogP contribution in [-0.2, 0) is 0 Å². The average molecular weight is 394 g/mol. The number of aliphatic imine (C=N–C) groups is 2. The van der Waals surface area contributed by atoms with E-state index in [4.69, 9.17) is 11.1 Å². The summed E-state index contributed by atoms with van der Waals surface area (Å²) >= 11 is 0. The van der Waals surface area contributed by atoms with Crippen molar-refractivity contribution in [2.45, 2.75) is 18.1 Å². The Kier molecular flexibility index (Phi) is 4.16. The molecule has 3 atom stereocenters. The lowest BCUT2D eigenvalue weighted by atomic mass is 9.87. The minimum atomic E-state index is -0.776. The number of nitrogens with one attached hydrogen (secondary N) is 3. The molecule has 5 N–H and O–H groups in total. The van der Waals surface area contributed by atoms with Crippen molar-refractivity contribution < 1.29 is 0 Å². The first-order valence-electron chi connectivity index (χ1n) is 8.49. The molecule has 3 unspecified atom stereocenters. The van der Waals surface area contributed by atoms with Gasteiger partial charge in [-0.2, -0.15) is 21.0 Å². The van der Waals surface area contributed by atoms with Gasteiger partial charge < -0.3 is 21.8 Å². The highest BCUT2D eigenvalue weighted by molar-refractivity contribution is 6.15. The van der Waals surface area contributed by atoms with Gasteiger partial charge in [0.15, 0.2) is 17.1 Å². The molecule has 1 aromatic heterocycles. The molecule has 0 saturated heterocycles. The van der Waals surface area contributed by atoms with E-state index in [1.54, 1.807) is 0 Å². The van der Waals surface area contributed by atoms with Gasteiger partial charge in [0.1, 0.15) is 53.5 Å². The molecule has 0 radical (unpaired) electrons. The Morgan fingerprint density at radius 2 is 1.73 bits per heavy atom. The minimum Gasteiger partial charge on any atom is -0.403 e. The quantitative estimate of drug-likeness (QED) is 0.440. The molecule has 0 aromatic carbocycles. The van der Waals surface area contributed by atoms with Crippen LogP contribution in [0.25, 0.3) is 5.70 Å². The first kappa shape index (κ1) is 18.3. The number of nitrogens with two attached hydrogens (primary N) is 1. The molecule has 30 heavy (non-hydrogen) atoms. The minimum absolute atomic E-state index is 0.0319. The molecule has 142 valence electrons. The molecule has 3 aliphatic rings. The Morgan fingerprint density at radius 3 is 2.33 bits per heavy atom. The van der Waals surface area contributed by atoms with Crippen LogP contribution in [0, 0.1) is 50.7 Å². The standard InChI is InChI=1S/C18H10N12/c19-1-7-8(2-20)26-14-13(25-7)15-17(29-10(4-22)9(3-21)27-15)18-16(14)28-11(5-23)12(6-24)30-18/h1,3,7,15,17,19,25,27H,21H2. The Hall–Kier alpha value is -5.07. The van der Waals surface area contributed by atoms with Crippen molar-refractivity contribution in [3.05, 3.63) is 40.4 Å². The summed E-state index contributed by atoms with van der Waals surface area (Å²) in [7, 11) is 0. The van der Waals surface area contributed by atoms with E-state index in [-0.39, 0.29) is 39.9 Å². The number of nitriles is 4. The molecule has 2 aliphatic heterocycles. The van der Waals surface area contributed by atoms with Crippen LogP contribution >= 0.6 is 0 Å². The number of allylic oxidation sites excluding steroid dienone is 1. The zero-order valence-corrected chi connectivity index (χ0v) is 15.0. The fourth-order valence-electron chi connectivity index (χ4n) is 3.44. The van der Waals surface area contributed by atoms with E-state index in [0.29, 0.717) is 11.4 Å². The molecule has 12 nitrogen and oxygen atoms in total. The Morgan fingerprint density at radius 1 is 1.00 bits per heavy atom. The maximum absolute atomic E-state index is 9.43. The van der Waals surface area contributed by atoms with Gasteiger partial charge in [0, 0.05) is 12.4 Å². The molecule has 0 amide bonds. The van der Waals surface area contributed by atoms with Crippen molar-refractivity contribution in [1.82, 2.24) is 20.6 Å². The van der Waals surface area contributed by atoms with Crippen LogP contribution < -0.4 is 16.4 Å². The van der Waals surface area contributed by atoms with Gasteiger partial charge in [0.25, 0.3) is 0 Å². The number of aromatic nitrogens is 2. The van der Waals surface area contributed by atoms with Crippen LogP contribution in [-0.4, -0.2) is 39.7 Å². The van der Waals surface area contributed by atoms with E-state index >= 15 is 0 Å². The van der Waals surface area contributed by atoms with Crippen LogP contribution in [0.3, 0.4) is 0 Å². The lowest BCUT2D eigenvalue weighted by molar-refractivity contribution is 0.476. The number of hydrogen-bond donors (Lipinski definition) is 4. The molecule has 12 heteroatoms. The van der Waals surface area contributed by atoms with Crippen molar-refractivity contribution in [2.75, 3.05) is 0 Å². The highest BCUT2D eigenvalue weighted by atomic mass is 15.2. The van der Waals surface area contributed by atoms with E-state index in [9.17, 15) is 21.0 Å². The third kappa shape index (κ3) is 2.46. The largest absolute Gasteiger partial charge is 0.403 e. The maximum atomic E-state index is 9.43. The van der Waals surface area contributed by atoms with E-state index in [0.717, 1.165) is 6.21 Å². The normalized spacial score (nSPS) is 24.7. The Bertz CT molecular complexity index is 1280. The maximum Gasteiger partial charge on any atom is 0.177 e. The van der Waals surface area contributed by atoms with Crippen molar-refractivity contribution in [3.63, 3.8) is 0 Å². The number of rotatable bonds is 1. The fourth-order valence-corrected chi connectivity index (χ4v) is 3.44. The van der Waals surface area contributed by atoms with E-state index in [1.807, 2.05) is 24.3 Å². The van der Waals surface area contributed by atoms with Gasteiger partial charge in [-0.25, -0.2) is 15.0 Å². The third-order valence-electron chi connectivity index (χ3n) is 4.75. The van der Waals surface area contributed by atoms with Gasteiger partial charge in [-0.15, -0.1) is 0 Å². The lowest BCUT2D eigenvalue weighted by Crippen LogP contribution is -2.52. The monoisotopic (exact) mass is 394 g/mol. The molecule has 1 aliphatic carbocycles. The number of nitrogens with zero attached hydrogens (tertiary/aromatic N) is 8. The van der Waals surface area contributed by atoms with Crippen molar-refractivity contribution >= 4 is 23.3 Å². The van der Waals surface area contributed by atoms with Crippen LogP contribution in [0.5, 0.6) is 0 Å². The Labute approximate surface area is 169 Å². The summed E-state index contributed by atoms with van der Waals surface area (Å²) in [5, 5.41) is 51.3. The second kappa shape index (κ2) is 6.83. The van der Waals surface area contributed by atoms with E-state index in [2.05, 4.69) is 30.6 Å². The van der Waals surface area contributed by atoms with Gasteiger partial charge in [-0.1, -0.05) is 0 Å². The van der Waals surface area contributed by atoms with E-state index in [1.165, 1.54) is 6.20 Å². The van der Waals surface area contributed by atoms with Crippen molar-refractivity contribution in [2.24, 2.45) is 15.7 Å². The summed E-state index contributed by atoms with van der Waals surface area (Å²) in [6.45, 7) is 0. The SMILES string of the molecule is N#CC1=NC2c3nc(C#N)c(C#N)nc3C3=C(NC(C=N)C(C#N)=N3)C2NC1=CN.